The highest BCUT2D eigenvalue weighted by Gasteiger charge is 2.44. The summed E-state index contributed by atoms with van der Waals surface area (Å²) in [6.07, 6.45) is 16.7. The molecule has 4 aliphatic rings. The van der Waals surface area contributed by atoms with Crippen molar-refractivity contribution in [3.8, 4) is 0 Å². The van der Waals surface area contributed by atoms with E-state index in [1.807, 2.05) is 18.5 Å². The number of carbonyl (C=O) groups excluding carboxylic acids is 1. The summed E-state index contributed by atoms with van der Waals surface area (Å²) in [4.78, 5) is 22.9. The fraction of sp³-hybridized carbons (Fsp3) is 0.760. The third kappa shape index (κ3) is 4.96. The van der Waals surface area contributed by atoms with Crippen molar-refractivity contribution in [1.29, 1.82) is 0 Å². The van der Waals surface area contributed by atoms with Crippen LogP contribution >= 0.6 is 0 Å². The van der Waals surface area contributed by atoms with Crippen molar-refractivity contribution in [2.24, 2.45) is 11.8 Å². The number of hydrazine groups is 1. The van der Waals surface area contributed by atoms with E-state index >= 15 is 0 Å². The van der Waals surface area contributed by atoms with Gasteiger partial charge in [0.25, 0.3) is 0 Å². The number of amides is 1. The Morgan fingerprint density at radius 1 is 1.06 bits per heavy atom. The van der Waals surface area contributed by atoms with Gasteiger partial charge in [-0.2, -0.15) is 0 Å². The summed E-state index contributed by atoms with van der Waals surface area (Å²) < 4.78 is 0. The van der Waals surface area contributed by atoms with E-state index in [4.69, 9.17) is 0 Å². The molecule has 2 saturated heterocycles. The number of nitrogens with zero attached hydrogens (tertiary/aromatic N) is 3. The molecule has 0 spiro atoms. The number of fused-ring (bicyclic) bond motifs is 1. The summed E-state index contributed by atoms with van der Waals surface area (Å²) in [6, 6.07) is 5.24. The molecule has 2 aliphatic carbocycles. The predicted octanol–water partition coefficient (Wildman–Crippen LogP) is 3.10. The summed E-state index contributed by atoms with van der Waals surface area (Å²) >= 11 is 0. The number of aromatic nitrogens is 1. The molecule has 4 fully saturated rings. The zero-order valence-electron chi connectivity index (χ0n) is 18.8. The minimum absolute atomic E-state index is 0.0813. The Labute approximate surface area is 187 Å². The molecule has 3 heterocycles. The zero-order chi connectivity index (χ0) is 21.0. The lowest BCUT2D eigenvalue weighted by Crippen LogP contribution is -2.51. The van der Waals surface area contributed by atoms with Crippen LogP contribution in [0, 0.1) is 11.8 Å². The standard InChI is InChI=1S/C25H39N5O/c31-25(24-22-11-4-12-23(22)27-28-24)30(16-19-7-5-13-26-15-19)18-20-8-6-14-29(17-20)21-9-2-1-3-10-21/h5,7,13,15,20-24,27-28H,1-4,6,8-12,14,16-18H2. The van der Waals surface area contributed by atoms with Crippen molar-refractivity contribution in [2.45, 2.75) is 88.9 Å². The number of rotatable bonds is 6. The molecule has 170 valence electrons. The van der Waals surface area contributed by atoms with Crippen molar-refractivity contribution < 1.29 is 4.79 Å². The number of hydrogen-bond acceptors (Lipinski definition) is 5. The number of carbonyl (C=O) groups is 1. The average molecular weight is 426 g/mol. The topological polar surface area (TPSA) is 60.5 Å². The summed E-state index contributed by atoms with van der Waals surface area (Å²) in [6.45, 7) is 3.94. The Bertz CT molecular complexity index is 722. The van der Waals surface area contributed by atoms with Crippen LogP contribution in [0.25, 0.3) is 0 Å². The summed E-state index contributed by atoms with van der Waals surface area (Å²) in [5.74, 6) is 1.29. The second kappa shape index (κ2) is 9.97. The first-order chi connectivity index (χ1) is 15.3. The van der Waals surface area contributed by atoms with Crippen molar-refractivity contribution in [3.05, 3.63) is 30.1 Å². The van der Waals surface area contributed by atoms with E-state index in [0.29, 0.717) is 24.4 Å². The first-order valence-corrected chi connectivity index (χ1v) is 12.7. The van der Waals surface area contributed by atoms with Gasteiger partial charge in [-0.05, 0) is 62.6 Å². The van der Waals surface area contributed by atoms with Crippen LogP contribution in [0.5, 0.6) is 0 Å². The van der Waals surface area contributed by atoms with Crippen molar-refractivity contribution in [2.75, 3.05) is 19.6 Å². The van der Waals surface area contributed by atoms with Gasteiger partial charge in [0.2, 0.25) is 5.91 Å². The molecule has 2 aliphatic heterocycles. The van der Waals surface area contributed by atoms with Crippen molar-refractivity contribution >= 4 is 5.91 Å². The van der Waals surface area contributed by atoms with Crippen molar-refractivity contribution in [1.82, 2.24) is 25.6 Å². The second-order valence-corrected chi connectivity index (χ2v) is 10.3. The largest absolute Gasteiger partial charge is 0.337 e. The van der Waals surface area contributed by atoms with Crippen LogP contribution in [-0.2, 0) is 11.3 Å². The first kappa shape index (κ1) is 21.4. The van der Waals surface area contributed by atoms with Gasteiger partial charge >= 0.3 is 0 Å². The minimum atomic E-state index is -0.0813. The molecule has 1 aromatic rings. The molecule has 6 nitrogen and oxygen atoms in total. The monoisotopic (exact) mass is 425 g/mol. The van der Waals surface area contributed by atoms with Gasteiger partial charge in [0.05, 0.1) is 0 Å². The number of likely N-dealkylation sites (tertiary alicyclic amines) is 1. The van der Waals surface area contributed by atoms with E-state index < -0.39 is 0 Å². The molecule has 4 unspecified atom stereocenters. The van der Waals surface area contributed by atoms with Crippen LogP contribution in [-0.4, -0.2) is 58.5 Å². The van der Waals surface area contributed by atoms with Gasteiger partial charge in [0.1, 0.15) is 6.04 Å². The highest BCUT2D eigenvalue weighted by atomic mass is 16.2. The highest BCUT2D eigenvalue weighted by molar-refractivity contribution is 5.82. The lowest BCUT2D eigenvalue weighted by Gasteiger charge is -2.41. The molecule has 5 rings (SSSR count). The summed E-state index contributed by atoms with van der Waals surface area (Å²) in [5, 5.41) is 0. The smallest absolute Gasteiger partial charge is 0.241 e. The van der Waals surface area contributed by atoms with Gasteiger partial charge in [-0.3, -0.25) is 15.2 Å². The third-order valence-corrected chi connectivity index (χ3v) is 8.22. The number of pyridine rings is 1. The Kier molecular flexibility index (Phi) is 6.87. The third-order valence-electron chi connectivity index (χ3n) is 8.22. The lowest BCUT2D eigenvalue weighted by atomic mass is 9.89. The average Bonchev–Trinajstić information content (AvgIpc) is 3.44. The van der Waals surface area contributed by atoms with Gasteiger partial charge < -0.3 is 9.80 Å². The fourth-order valence-corrected chi connectivity index (χ4v) is 6.59. The second-order valence-electron chi connectivity index (χ2n) is 10.3. The Morgan fingerprint density at radius 2 is 1.97 bits per heavy atom. The summed E-state index contributed by atoms with van der Waals surface area (Å²) in [7, 11) is 0. The van der Waals surface area contributed by atoms with Crippen LogP contribution in [0.1, 0.15) is 69.8 Å². The van der Waals surface area contributed by atoms with E-state index in [0.717, 1.165) is 31.1 Å². The number of nitrogens with one attached hydrogen (secondary N) is 2. The SMILES string of the molecule is O=C(C1NNC2CCCC21)N(Cc1cccnc1)CC1CCCN(C2CCCCC2)C1. The van der Waals surface area contributed by atoms with Gasteiger partial charge in [0.15, 0.2) is 0 Å². The van der Waals surface area contributed by atoms with Gasteiger partial charge in [0, 0.05) is 50.0 Å². The molecule has 2 saturated carbocycles. The van der Waals surface area contributed by atoms with E-state index in [-0.39, 0.29) is 11.9 Å². The number of piperidine rings is 1. The van der Waals surface area contributed by atoms with Gasteiger partial charge in [-0.15, -0.1) is 0 Å². The van der Waals surface area contributed by atoms with E-state index in [1.54, 1.807) is 0 Å². The Morgan fingerprint density at radius 3 is 2.81 bits per heavy atom. The molecular weight excluding hydrogens is 386 g/mol. The first-order valence-electron chi connectivity index (χ1n) is 12.7. The van der Waals surface area contributed by atoms with Crippen LogP contribution < -0.4 is 10.9 Å². The molecule has 0 bridgehead atoms. The molecule has 1 amide bonds. The molecular formula is C25H39N5O. The van der Waals surface area contributed by atoms with Crippen LogP contribution in [0.15, 0.2) is 24.5 Å². The molecule has 0 radical (unpaired) electrons. The van der Waals surface area contributed by atoms with E-state index in [2.05, 4.69) is 31.7 Å². The molecule has 31 heavy (non-hydrogen) atoms. The van der Waals surface area contributed by atoms with Gasteiger partial charge in [-0.25, -0.2) is 5.43 Å². The maximum atomic E-state index is 13.7. The Balaban J connectivity index is 1.27. The van der Waals surface area contributed by atoms with Gasteiger partial charge in [-0.1, -0.05) is 31.7 Å². The molecule has 6 heteroatoms. The fourth-order valence-electron chi connectivity index (χ4n) is 6.59. The lowest BCUT2D eigenvalue weighted by molar-refractivity contribution is -0.135. The van der Waals surface area contributed by atoms with Crippen molar-refractivity contribution in [3.63, 3.8) is 0 Å². The molecule has 4 atom stereocenters. The minimum Gasteiger partial charge on any atom is -0.337 e. The molecule has 0 aromatic carbocycles. The predicted molar refractivity (Wildman–Crippen MR) is 122 cm³/mol. The van der Waals surface area contributed by atoms with E-state index in [1.165, 1.54) is 64.3 Å². The van der Waals surface area contributed by atoms with Crippen LogP contribution in [0.2, 0.25) is 0 Å². The molecule has 2 N–H and O–H groups in total. The summed E-state index contributed by atoms with van der Waals surface area (Å²) in [5.41, 5.74) is 7.89. The van der Waals surface area contributed by atoms with Crippen LogP contribution in [0.3, 0.4) is 0 Å². The highest BCUT2D eigenvalue weighted by Crippen LogP contribution is 2.33. The quantitative estimate of drug-likeness (QED) is 0.733. The Hall–Kier alpha value is -1.50. The number of hydrogen-bond donors (Lipinski definition) is 2. The van der Waals surface area contributed by atoms with E-state index in [9.17, 15) is 4.79 Å². The maximum absolute atomic E-state index is 13.7. The zero-order valence-corrected chi connectivity index (χ0v) is 18.8. The van der Waals surface area contributed by atoms with Crippen LogP contribution in [0.4, 0.5) is 0 Å². The maximum Gasteiger partial charge on any atom is 0.241 e. The normalized spacial score (nSPS) is 32.1. The molecule has 1 aromatic heterocycles.